The number of nitrogens with one attached hydrogen (secondary N) is 1. The molecule has 1 atom stereocenters. The van der Waals surface area contributed by atoms with Crippen LogP contribution in [-0.4, -0.2) is 57.8 Å². The van der Waals surface area contributed by atoms with Crippen LogP contribution in [0.5, 0.6) is 0 Å². The van der Waals surface area contributed by atoms with Gasteiger partial charge in [-0.1, -0.05) is 23.8 Å². The highest BCUT2D eigenvalue weighted by molar-refractivity contribution is 6.08. The quantitative estimate of drug-likeness (QED) is 0.560. The summed E-state index contributed by atoms with van der Waals surface area (Å²) in [7, 11) is 4.06. The number of hydrogen-bond acceptors (Lipinski definition) is 5. The van der Waals surface area contributed by atoms with E-state index in [4.69, 9.17) is 4.98 Å². The van der Waals surface area contributed by atoms with Gasteiger partial charge < -0.3 is 10.2 Å². The first-order valence-electron chi connectivity index (χ1n) is 11.8. The van der Waals surface area contributed by atoms with Crippen molar-refractivity contribution in [2.24, 2.45) is 10.9 Å². The monoisotopic (exact) mass is 472 g/mol. The summed E-state index contributed by atoms with van der Waals surface area (Å²) in [6.45, 7) is 8.74. The van der Waals surface area contributed by atoms with Crippen molar-refractivity contribution < 1.29 is 9.59 Å². The second-order valence-corrected chi connectivity index (χ2v) is 9.66. The van der Waals surface area contributed by atoms with Crippen LogP contribution in [-0.2, 0) is 11.3 Å². The van der Waals surface area contributed by atoms with Crippen LogP contribution in [0.2, 0.25) is 0 Å². The molecule has 0 radical (unpaired) electrons. The number of allylic oxidation sites excluding steroid dienone is 1. The molecule has 2 amide bonds. The Hall–Kier alpha value is -3.65. The number of hydrogen-bond donors (Lipinski definition) is 1. The van der Waals surface area contributed by atoms with Crippen LogP contribution in [0, 0.1) is 5.92 Å². The maximum absolute atomic E-state index is 13.4. The van der Waals surface area contributed by atoms with E-state index in [1.807, 2.05) is 63.8 Å². The third-order valence-electron chi connectivity index (χ3n) is 6.06. The molecule has 0 bridgehead atoms. The van der Waals surface area contributed by atoms with Gasteiger partial charge in [-0.05, 0) is 65.6 Å². The lowest BCUT2D eigenvalue weighted by Gasteiger charge is -2.19. The Bertz CT molecular complexity index is 1350. The fourth-order valence-electron chi connectivity index (χ4n) is 4.37. The van der Waals surface area contributed by atoms with E-state index < -0.39 is 5.92 Å². The molecular weight excluding hydrogens is 440 g/mol. The normalized spacial score (nSPS) is 16.1. The van der Waals surface area contributed by atoms with Crippen LogP contribution in [0.3, 0.4) is 0 Å². The van der Waals surface area contributed by atoms with Gasteiger partial charge in [0, 0.05) is 30.4 Å². The molecule has 35 heavy (non-hydrogen) atoms. The second kappa shape index (κ2) is 9.92. The van der Waals surface area contributed by atoms with Crippen LogP contribution in [0.25, 0.3) is 22.3 Å². The summed E-state index contributed by atoms with van der Waals surface area (Å²) >= 11 is 0. The van der Waals surface area contributed by atoms with E-state index in [0.29, 0.717) is 28.0 Å². The smallest absolute Gasteiger partial charge is 0.254 e. The van der Waals surface area contributed by atoms with Gasteiger partial charge in [0.25, 0.3) is 11.8 Å². The number of aliphatic imine (C=N–C) groups is 1. The minimum absolute atomic E-state index is 0.0833. The zero-order chi connectivity index (χ0) is 25.3. The predicted molar refractivity (Wildman–Crippen MR) is 138 cm³/mol. The largest absolute Gasteiger partial charge is 0.351 e. The van der Waals surface area contributed by atoms with Crippen molar-refractivity contribution in [1.82, 2.24) is 25.0 Å². The summed E-state index contributed by atoms with van der Waals surface area (Å²) in [4.78, 5) is 36.9. The van der Waals surface area contributed by atoms with Crippen LogP contribution < -0.4 is 5.32 Å². The van der Waals surface area contributed by atoms with E-state index in [1.165, 1.54) is 0 Å². The molecule has 3 aromatic rings. The van der Waals surface area contributed by atoms with Crippen molar-refractivity contribution >= 4 is 28.6 Å². The Labute approximate surface area is 205 Å². The number of nitrogens with zero attached hydrogens (tertiary/aromatic N) is 5. The number of carbonyl (C=O) groups excluding carboxylic acids is 2. The molecule has 1 aliphatic rings. The lowest BCUT2D eigenvalue weighted by molar-refractivity contribution is -0.120. The number of benzene rings is 1. The highest BCUT2D eigenvalue weighted by Crippen LogP contribution is 2.27. The molecule has 1 aromatic carbocycles. The first kappa shape index (κ1) is 24.5. The number of dihydropyridines is 1. The van der Waals surface area contributed by atoms with Crippen molar-refractivity contribution in [3.63, 3.8) is 0 Å². The lowest BCUT2D eigenvalue weighted by atomic mass is 9.95. The Morgan fingerprint density at radius 1 is 1.20 bits per heavy atom. The Balaban J connectivity index is 1.71. The first-order valence-corrected chi connectivity index (χ1v) is 11.8. The van der Waals surface area contributed by atoms with Gasteiger partial charge in [0.05, 0.1) is 28.8 Å². The minimum atomic E-state index is -0.458. The Kier molecular flexibility index (Phi) is 6.93. The van der Waals surface area contributed by atoms with Crippen LogP contribution in [0.1, 0.15) is 49.7 Å². The van der Waals surface area contributed by atoms with E-state index in [0.717, 1.165) is 23.2 Å². The topological polar surface area (TPSA) is 92.5 Å². The number of rotatable bonds is 7. The zero-order valence-corrected chi connectivity index (χ0v) is 21.2. The van der Waals surface area contributed by atoms with Crippen LogP contribution in [0.4, 0.5) is 0 Å². The molecule has 1 unspecified atom stereocenters. The molecule has 8 heteroatoms. The van der Waals surface area contributed by atoms with Gasteiger partial charge in [-0.25, -0.2) is 14.7 Å². The van der Waals surface area contributed by atoms with Crippen LogP contribution in [0.15, 0.2) is 53.2 Å². The molecule has 0 spiro atoms. The summed E-state index contributed by atoms with van der Waals surface area (Å²) in [5.74, 6) is -0.951. The third-order valence-corrected chi connectivity index (χ3v) is 6.06. The standard InChI is InChI=1S/C27H32N6O2/c1-16(2)33-25-23(14-29-33)21(26(34)28-13-22-17(3)10-18(4)30-27(22)35)12-24(31-25)20-9-7-8-19(11-20)15-32(5)6/h7-12,14,16,22H,13,15H2,1-6H3,(H,28,34). The molecule has 0 fully saturated rings. The predicted octanol–water partition coefficient (Wildman–Crippen LogP) is 4.03. The maximum Gasteiger partial charge on any atom is 0.254 e. The molecule has 3 heterocycles. The average Bonchev–Trinajstić information content (AvgIpc) is 3.21. The molecule has 4 rings (SSSR count). The highest BCUT2D eigenvalue weighted by Gasteiger charge is 2.25. The van der Waals surface area contributed by atoms with E-state index in [2.05, 4.69) is 32.4 Å². The van der Waals surface area contributed by atoms with Crippen molar-refractivity contribution in [3.8, 4) is 11.3 Å². The van der Waals surface area contributed by atoms with Gasteiger partial charge in [-0.3, -0.25) is 9.59 Å². The van der Waals surface area contributed by atoms with Gasteiger partial charge in [0.1, 0.15) is 0 Å². The minimum Gasteiger partial charge on any atom is -0.351 e. The molecule has 0 aliphatic carbocycles. The molecule has 8 nitrogen and oxygen atoms in total. The fourth-order valence-corrected chi connectivity index (χ4v) is 4.37. The number of carbonyl (C=O) groups is 2. The van der Waals surface area contributed by atoms with E-state index in [9.17, 15) is 9.59 Å². The molecule has 0 saturated heterocycles. The number of amides is 2. The third kappa shape index (κ3) is 5.22. The molecule has 182 valence electrons. The van der Waals surface area contributed by atoms with Crippen molar-refractivity contribution in [3.05, 3.63) is 59.3 Å². The highest BCUT2D eigenvalue weighted by atomic mass is 16.2. The van der Waals surface area contributed by atoms with E-state index >= 15 is 0 Å². The van der Waals surface area contributed by atoms with Crippen molar-refractivity contribution in [1.29, 1.82) is 0 Å². The molecule has 1 N–H and O–H groups in total. The molecular formula is C27H32N6O2. The summed E-state index contributed by atoms with van der Waals surface area (Å²) in [5.41, 5.74) is 5.53. The lowest BCUT2D eigenvalue weighted by Crippen LogP contribution is -2.34. The Morgan fingerprint density at radius 2 is 1.97 bits per heavy atom. The van der Waals surface area contributed by atoms with Crippen molar-refractivity contribution in [2.75, 3.05) is 20.6 Å². The number of fused-ring (bicyclic) bond motifs is 1. The maximum atomic E-state index is 13.4. The molecule has 0 saturated carbocycles. The fraction of sp³-hybridized carbons (Fsp3) is 0.370. The van der Waals surface area contributed by atoms with Gasteiger partial charge in [-0.15, -0.1) is 0 Å². The van der Waals surface area contributed by atoms with Gasteiger partial charge >= 0.3 is 0 Å². The molecule has 1 aliphatic heterocycles. The van der Waals surface area contributed by atoms with E-state index in [-0.39, 0.29) is 24.4 Å². The van der Waals surface area contributed by atoms with Gasteiger partial charge in [0.2, 0.25) is 0 Å². The number of aromatic nitrogens is 3. The first-order chi connectivity index (χ1) is 16.6. The van der Waals surface area contributed by atoms with Crippen LogP contribution >= 0.6 is 0 Å². The zero-order valence-electron chi connectivity index (χ0n) is 21.2. The number of pyridine rings is 1. The van der Waals surface area contributed by atoms with E-state index in [1.54, 1.807) is 13.1 Å². The SMILES string of the molecule is CC1=CC(C)=NC(=O)C1CNC(=O)c1cc(-c2cccc(CN(C)C)c2)nc2c1cnn2C(C)C. The second-order valence-electron chi connectivity index (χ2n) is 9.66. The Morgan fingerprint density at radius 3 is 2.66 bits per heavy atom. The van der Waals surface area contributed by atoms with Gasteiger partial charge in [-0.2, -0.15) is 5.10 Å². The summed E-state index contributed by atoms with van der Waals surface area (Å²) in [5, 5.41) is 8.13. The van der Waals surface area contributed by atoms with Crippen molar-refractivity contribution in [2.45, 2.75) is 40.3 Å². The summed E-state index contributed by atoms with van der Waals surface area (Å²) < 4.78 is 1.83. The average molecular weight is 473 g/mol. The summed E-state index contributed by atoms with van der Waals surface area (Å²) in [6.07, 6.45) is 3.57. The molecule has 2 aromatic heterocycles. The summed E-state index contributed by atoms with van der Waals surface area (Å²) in [6, 6.07) is 10.1. The van der Waals surface area contributed by atoms with Gasteiger partial charge in [0.15, 0.2) is 5.65 Å².